The van der Waals surface area contributed by atoms with Crippen molar-refractivity contribution in [1.82, 2.24) is 9.55 Å². The van der Waals surface area contributed by atoms with Crippen molar-refractivity contribution in [1.29, 1.82) is 0 Å². The Morgan fingerprint density at radius 2 is 1.14 bits per heavy atom. The SMILES string of the molecule is COc1ccc(C(OC[C@@]2(CN=[N+]=[N-])O[C@@H](n3cc(F)c(N)nc3=O)[C@@H](F)[C@@H]2OC(c2ccccc2)(c2ccccc2)c2ccc(OC)cc2)(c2ccccc2)c2ccccc2)cc1. The van der Waals surface area contributed by atoms with Gasteiger partial charge in [-0.05, 0) is 63.2 Å². The molecule has 0 radical (unpaired) electrons. The Morgan fingerprint density at radius 1 is 0.719 bits per heavy atom. The normalized spacial score (nSPS) is 18.5. The number of benzene rings is 6. The zero-order chi connectivity index (χ0) is 44.7. The molecule has 1 saturated heterocycles. The number of nitrogens with two attached hydrogens (primary N) is 1. The van der Waals surface area contributed by atoms with Crippen molar-refractivity contribution in [3.05, 3.63) is 236 Å². The summed E-state index contributed by atoms with van der Waals surface area (Å²) in [6, 6.07) is 51.8. The molecule has 0 amide bonds. The van der Waals surface area contributed by atoms with E-state index in [1.165, 1.54) is 0 Å². The summed E-state index contributed by atoms with van der Waals surface area (Å²) in [7, 11) is 3.12. The minimum Gasteiger partial charge on any atom is -0.497 e. The van der Waals surface area contributed by atoms with E-state index in [-0.39, 0.29) is 0 Å². The van der Waals surface area contributed by atoms with E-state index in [0.29, 0.717) is 49.4 Å². The van der Waals surface area contributed by atoms with Crippen molar-refractivity contribution in [3.8, 4) is 11.5 Å². The number of anilines is 1. The molecule has 6 aromatic carbocycles. The number of hydrogen-bond donors (Lipinski definition) is 1. The summed E-state index contributed by atoms with van der Waals surface area (Å²) in [5.74, 6) is -0.593. The van der Waals surface area contributed by atoms with E-state index in [9.17, 15) is 10.3 Å². The second kappa shape index (κ2) is 18.6. The first-order chi connectivity index (χ1) is 31.2. The Kier molecular flexibility index (Phi) is 12.6. The lowest BCUT2D eigenvalue weighted by Gasteiger charge is -2.44. The van der Waals surface area contributed by atoms with Crippen LogP contribution in [0.5, 0.6) is 11.5 Å². The number of aromatic nitrogens is 2. The number of hydrogen-bond acceptors (Lipinski definition) is 9. The Labute approximate surface area is 368 Å². The highest BCUT2D eigenvalue weighted by molar-refractivity contribution is 5.51. The molecule has 1 fully saturated rings. The average Bonchev–Trinajstić information content (AvgIpc) is 3.62. The van der Waals surface area contributed by atoms with Gasteiger partial charge in [-0.2, -0.15) is 4.98 Å². The molecule has 8 rings (SSSR count). The number of methoxy groups -OCH3 is 2. The van der Waals surface area contributed by atoms with Gasteiger partial charge in [0, 0.05) is 4.91 Å². The standard InChI is InChI=1S/C50H44F2N6O6/c1-60-40-27-23-38(24-28-40)49(34-15-7-3-8-16-34,35-17-9-4-10-18-35)62-33-48(32-55-57-54)44(43(52)46(64-48)58-31-42(51)45(53)56-47(58)59)63-50(36-19-11-5-12-20-36,37-21-13-6-14-22-37)39-25-29-41(61-2)30-26-39/h3-31,43-44,46H,32-33H2,1-2H3,(H2,53,56,59)/t43-,44-,46+,48+/m0/s1. The lowest BCUT2D eigenvalue weighted by molar-refractivity contribution is -0.182. The van der Waals surface area contributed by atoms with Gasteiger partial charge >= 0.3 is 5.69 Å². The fourth-order valence-electron chi connectivity index (χ4n) is 8.49. The van der Waals surface area contributed by atoms with Crippen LogP contribution in [-0.2, 0) is 25.4 Å². The number of alkyl halides is 1. The number of halogens is 2. The Morgan fingerprint density at radius 3 is 1.58 bits per heavy atom. The zero-order valence-corrected chi connectivity index (χ0v) is 34.9. The molecule has 0 aliphatic carbocycles. The van der Waals surface area contributed by atoms with E-state index in [4.69, 9.17) is 29.4 Å². The minimum absolute atomic E-state index is 0.522. The molecule has 1 aliphatic heterocycles. The maximum absolute atomic E-state index is 18.3. The van der Waals surface area contributed by atoms with Crippen LogP contribution in [-0.4, -0.2) is 54.8 Å². The monoisotopic (exact) mass is 862 g/mol. The van der Waals surface area contributed by atoms with Gasteiger partial charge in [0.15, 0.2) is 24.0 Å². The zero-order valence-electron chi connectivity index (χ0n) is 34.9. The van der Waals surface area contributed by atoms with E-state index < -0.39 is 65.8 Å². The van der Waals surface area contributed by atoms with Gasteiger partial charge in [0.25, 0.3) is 0 Å². The van der Waals surface area contributed by atoms with Crippen LogP contribution >= 0.6 is 0 Å². The summed E-state index contributed by atoms with van der Waals surface area (Å²) < 4.78 is 66.9. The minimum atomic E-state index is -2.27. The van der Waals surface area contributed by atoms with Crippen LogP contribution in [0.4, 0.5) is 14.6 Å². The summed E-state index contributed by atoms with van der Waals surface area (Å²) in [6.45, 7) is -1.10. The van der Waals surface area contributed by atoms with E-state index in [2.05, 4.69) is 15.0 Å². The first kappa shape index (κ1) is 43.3. The van der Waals surface area contributed by atoms with E-state index >= 15 is 8.78 Å². The molecule has 324 valence electrons. The predicted molar refractivity (Wildman–Crippen MR) is 237 cm³/mol. The molecule has 0 spiro atoms. The predicted octanol–water partition coefficient (Wildman–Crippen LogP) is 9.28. The van der Waals surface area contributed by atoms with Crippen molar-refractivity contribution in [2.24, 2.45) is 5.11 Å². The van der Waals surface area contributed by atoms with Crippen molar-refractivity contribution >= 4 is 5.82 Å². The second-order valence-corrected chi connectivity index (χ2v) is 15.2. The quantitative estimate of drug-likeness (QED) is 0.0436. The van der Waals surface area contributed by atoms with Crippen molar-refractivity contribution in [3.63, 3.8) is 0 Å². The van der Waals surface area contributed by atoms with Gasteiger partial charge in [-0.3, -0.25) is 4.57 Å². The van der Waals surface area contributed by atoms with Gasteiger partial charge in [0.2, 0.25) is 0 Å². The van der Waals surface area contributed by atoms with Crippen LogP contribution in [0.3, 0.4) is 0 Å². The molecule has 2 heterocycles. The van der Waals surface area contributed by atoms with E-state index in [1.54, 1.807) is 38.5 Å². The number of rotatable bonds is 16. The molecule has 7 aromatic rings. The van der Waals surface area contributed by atoms with E-state index in [1.807, 2.05) is 146 Å². The molecule has 1 aliphatic rings. The highest BCUT2D eigenvalue weighted by Crippen LogP contribution is 2.51. The third-order valence-corrected chi connectivity index (χ3v) is 11.6. The highest BCUT2D eigenvalue weighted by Gasteiger charge is 2.61. The highest BCUT2D eigenvalue weighted by atomic mass is 19.1. The molecule has 0 saturated carbocycles. The molecule has 1 aromatic heterocycles. The van der Waals surface area contributed by atoms with Gasteiger partial charge in [0.05, 0.1) is 33.6 Å². The summed E-state index contributed by atoms with van der Waals surface area (Å²) in [5, 5.41) is 4.00. The molecule has 2 N–H and O–H groups in total. The third-order valence-electron chi connectivity index (χ3n) is 11.6. The van der Waals surface area contributed by atoms with Crippen LogP contribution in [0.1, 0.15) is 39.6 Å². The lowest BCUT2D eigenvalue weighted by Crippen LogP contribution is -2.55. The van der Waals surface area contributed by atoms with Crippen molar-refractivity contribution < 1.29 is 32.5 Å². The fraction of sp³-hybridized carbons (Fsp3) is 0.200. The number of ether oxygens (including phenoxy) is 5. The largest absolute Gasteiger partial charge is 0.497 e. The Hall–Kier alpha value is -7.35. The molecule has 4 atom stereocenters. The summed E-state index contributed by atoms with van der Waals surface area (Å²) >= 11 is 0. The molecule has 12 nitrogen and oxygen atoms in total. The summed E-state index contributed by atoms with van der Waals surface area (Å²) in [6.07, 6.45) is -5.15. The summed E-state index contributed by atoms with van der Waals surface area (Å²) in [4.78, 5) is 20.3. The molecule has 0 bridgehead atoms. The van der Waals surface area contributed by atoms with Gasteiger partial charge in [-0.1, -0.05) is 151 Å². The number of nitrogens with zero attached hydrogens (tertiary/aromatic N) is 5. The smallest absolute Gasteiger partial charge is 0.351 e. The maximum Gasteiger partial charge on any atom is 0.351 e. The molecular weight excluding hydrogens is 819 g/mol. The fourth-order valence-corrected chi connectivity index (χ4v) is 8.49. The third kappa shape index (κ3) is 7.95. The topological polar surface area (TPSA) is 156 Å². The first-order valence-corrected chi connectivity index (χ1v) is 20.4. The Balaban J connectivity index is 1.39. The van der Waals surface area contributed by atoms with Gasteiger partial charge in [0.1, 0.15) is 34.4 Å². The lowest BCUT2D eigenvalue weighted by atomic mass is 9.79. The van der Waals surface area contributed by atoms with Gasteiger partial charge in [-0.25, -0.2) is 13.6 Å². The van der Waals surface area contributed by atoms with Crippen LogP contribution in [0.15, 0.2) is 186 Å². The average molecular weight is 863 g/mol. The number of nitrogen functional groups attached to an aromatic ring is 1. The van der Waals surface area contributed by atoms with Crippen LogP contribution in [0, 0.1) is 5.82 Å². The van der Waals surface area contributed by atoms with Crippen LogP contribution in [0.25, 0.3) is 10.4 Å². The summed E-state index contributed by atoms with van der Waals surface area (Å²) in [5.41, 5.74) is 13.3. The Bertz CT molecular complexity index is 2680. The molecular formula is C50H44F2N6O6. The van der Waals surface area contributed by atoms with Crippen molar-refractivity contribution in [2.75, 3.05) is 33.1 Å². The molecule has 0 unspecified atom stereocenters. The van der Waals surface area contributed by atoms with Crippen LogP contribution in [0.2, 0.25) is 0 Å². The number of azide groups is 1. The van der Waals surface area contributed by atoms with Crippen molar-refractivity contribution in [2.45, 2.75) is 35.3 Å². The maximum atomic E-state index is 18.3. The van der Waals surface area contributed by atoms with Gasteiger partial charge in [-0.15, -0.1) is 0 Å². The first-order valence-electron chi connectivity index (χ1n) is 20.4. The second-order valence-electron chi connectivity index (χ2n) is 15.2. The van der Waals surface area contributed by atoms with E-state index in [0.717, 1.165) is 6.20 Å². The molecule has 14 heteroatoms. The van der Waals surface area contributed by atoms with Gasteiger partial charge < -0.3 is 29.4 Å². The molecule has 64 heavy (non-hydrogen) atoms. The van der Waals surface area contributed by atoms with Crippen LogP contribution < -0.4 is 20.9 Å².